The SMILES string of the molecule is CNC1CCC(NC(=O)NC2CCC(N(C)C)CC2)CC1. The first kappa shape index (κ1) is 16.6. The second kappa shape index (κ2) is 7.99. The minimum absolute atomic E-state index is 0.0382. The molecule has 0 heterocycles. The van der Waals surface area contributed by atoms with E-state index in [1.165, 1.54) is 12.8 Å². The second-order valence-electron chi connectivity index (χ2n) is 6.92. The van der Waals surface area contributed by atoms with Crippen molar-refractivity contribution in [3.05, 3.63) is 0 Å². The van der Waals surface area contributed by atoms with Crippen molar-refractivity contribution in [2.45, 2.75) is 75.5 Å². The molecule has 2 amide bonds. The predicted octanol–water partition coefficient (Wildman–Crippen LogP) is 1.69. The minimum atomic E-state index is 0.0382. The van der Waals surface area contributed by atoms with Gasteiger partial charge in [-0.2, -0.15) is 0 Å². The average molecular weight is 296 g/mol. The fourth-order valence-electron chi connectivity index (χ4n) is 3.68. The van der Waals surface area contributed by atoms with Gasteiger partial charge in [-0.25, -0.2) is 4.79 Å². The lowest BCUT2D eigenvalue weighted by Crippen LogP contribution is -2.49. The highest BCUT2D eigenvalue weighted by molar-refractivity contribution is 5.74. The molecule has 0 aliphatic heterocycles. The van der Waals surface area contributed by atoms with Crippen LogP contribution in [0.5, 0.6) is 0 Å². The molecule has 5 nitrogen and oxygen atoms in total. The Morgan fingerprint density at radius 1 is 0.810 bits per heavy atom. The molecule has 122 valence electrons. The van der Waals surface area contributed by atoms with Gasteiger partial charge in [0.25, 0.3) is 0 Å². The highest BCUT2D eigenvalue weighted by Gasteiger charge is 2.25. The van der Waals surface area contributed by atoms with Crippen LogP contribution in [0.4, 0.5) is 4.79 Å². The van der Waals surface area contributed by atoms with E-state index in [1.807, 2.05) is 7.05 Å². The van der Waals surface area contributed by atoms with Crippen LogP contribution in [-0.2, 0) is 0 Å². The van der Waals surface area contributed by atoms with E-state index < -0.39 is 0 Å². The maximum atomic E-state index is 12.1. The van der Waals surface area contributed by atoms with Crippen LogP contribution >= 0.6 is 0 Å². The lowest BCUT2D eigenvalue weighted by Gasteiger charge is -2.34. The van der Waals surface area contributed by atoms with Crippen molar-refractivity contribution in [3.8, 4) is 0 Å². The van der Waals surface area contributed by atoms with Crippen molar-refractivity contribution < 1.29 is 4.79 Å². The highest BCUT2D eigenvalue weighted by Crippen LogP contribution is 2.22. The molecule has 5 heteroatoms. The van der Waals surface area contributed by atoms with Crippen LogP contribution in [0.25, 0.3) is 0 Å². The lowest BCUT2D eigenvalue weighted by atomic mass is 9.90. The largest absolute Gasteiger partial charge is 0.335 e. The third-order valence-corrected chi connectivity index (χ3v) is 5.23. The van der Waals surface area contributed by atoms with Crippen molar-refractivity contribution in [3.63, 3.8) is 0 Å². The molecule has 21 heavy (non-hydrogen) atoms. The summed E-state index contributed by atoms with van der Waals surface area (Å²) in [6.07, 6.45) is 9.07. The van der Waals surface area contributed by atoms with Gasteiger partial charge in [0.05, 0.1) is 0 Å². The van der Waals surface area contributed by atoms with Gasteiger partial charge >= 0.3 is 6.03 Å². The van der Waals surface area contributed by atoms with Crippen LogP contribution in [-0.4, -0.2) is 56.2 Å². The zero-order valence-corrected chi connectivity index (χ0v) is 13.8. The molecule has 2 aliphatic rings. The van der Waals surface area contributed by atoms with E-state index in [4.69, 9.17) is 0 Å². The summed E-state index contributed by atoms with van der Waals surface area (Å²) in [7, 11) is 6.31. The Hall–Kier alpha value is -0.810. The van der Waals surface area contributed by atoms with Gasteiger partial charge in [0, 0.05) is 24.2 Å². The summed E-state index contributed by atoms with van der Waals surface area (Å²) in [4.78, 5) is 14.4. The van der Waals surface area contributed by atoms with Gasteiger partial charge in [0.1, 0.15) is 0 Å². The zero-order chi connectivity index (χ0) is 15.2. The number of nitrogens with one attached hydrogen (secondary N) is 3. The van der Waals surface area contributed by atoms with E-state index in [2.05, 4.69) is 34.9 Å². The molecular formula is C16H32N4O. The van der Waals surface area contributed by atoms with Gasteiger partial charge in [-0.1, -0.05) is 0 Å². The zero-order valence-electron chi connectivity index (χ0n) is 13.8. The van der Waals surface area contributed by atoms with Crippen LogP contribution in [0.2, 0.25) is 0 Å². The summed E-state index contributed by atoms with van der Waals surface area (Å²) in [6.45, 7) is 0. The van der Waals surface area contributed by atoms with E-state index in [0.29, 0.717) is 24.2 Å². The maximum absolute atomic E-state index is 12.1. The van der Waals surface area contributed by atoms with Crippen molar-refractivity contribution in [2.24, 2.45) is 0 Å². The number of rotatable bonds is 4. The maximum Gasteiger partial charge on any atom is 0.315 e. The van der Waals surface area contributed by atoms with Gasteiger partial charge in [-0.05, 0) is 72.5 Å². The molecule has 0 aromatic heterocycles. The molecule has 2 aliphatic carbocycles. The second-order valence-corrected chi connectivity index (χ2v) is 6.92. The van der Waals surface area contributed by atoms with Crippen molar-refractivity contribution in [1.29, 1.82) is 0 Å². The third kappa shape index (κ3) is 5.15. The molecule has 0 radical (unpaired) electrons. The molecule has 2 rings (SSSR count). The Kier molecular flexibility index (Phi) is 6.30. The normalized spacial score (nSPS) is 33.7. The van der Waals surface area contributed by atoms with Crippen LogP contribution in [0.3, 0.4) is 0 Å². The summed E-state index contributed by atoms with van der Waals surface area (Å²) in [6, 6.07) is 2.06. The van der Waals surface area contributed by atoms with E-state index in [-0.39, 0.29) is 6.03 Å². The Bertz CT molecular complexity index is 318. The van der Waals surface area contributed by atoms with Crippen LogP contribution in [0, 0.1) is 0 Å². The van der Waals surface area contributed by atoms with Crippen LogP contribution < -0.4 is 16.0 Å². The molecule has 0 unspecified atom stereocenters. The first-order valence-electron chi connectivity index (χ1n) is 8.49. The van der Waals surface area contributed by atoms with Crippen LogP contribution in [0.1, 0.15) is 51.4 Å². The molecule has 3 N–H and O–H groups in total. The van der Waals surface area contributed by atoms with Gasteiger partial charge < -0.3 is 20.9 Å². The van der Waals surface area contributed by atoms with E-state index >= 15 is 0 Å². The third-order valence-electron chi connectivity index (χ3n) is 5.23. The molecule has 0 saturated heterocycles. The fraction of sp³-hybridized carbons (Fsp3) is 0.938. The van der Waals surface area contributed by atoms with Gasteiger partial charge in [-0.15, -0.1) is 0 Å². The molecule has 0 spiro atoms. The summed E-state index contributed by atoms with van der Waals surface area (Å²) in [5, 5.41) is 9.65. The summed E-state index contributed by atoms with van der Waals surface area (Å²) < 4.78 is 0. The number of carbonyl (C=O) groups is 1. The number of urea groups is 1. The van der Waals surface area contributed by atoms with E-state index in [0.717, 1.165) is 38.5 Å². The van der Waals surface area contributed by atoms with E-state index in [9.17, 15) is 4.79 Å². The Labute approximate surface area is 129 Å². The molecule has 0 bridgehead atoms. The summed E-state index contributed by atoms with van der Waals surface area (Å²) in [5.74, 6) is 0. The molecule has 0 atom stereocenters. The molecular weight excluding hydrogens is 264 g/mol. The minimum Gasteiger partial charge on any atom is -0.335 e. The lowest BCUT2D eigenvalue weighted by molar-refractivity contribution is 0.195. The van der Waals surface area contributed by atoms with Crippen molar-refractivity contribution in [1.82, 2.24) is 20.9 Å². The van der Waals surface area contributed by atoms with Gasteiger partial charge in [-0.3, -0.25) is 0 Å². The average Bonchev–Trinajstić information content (AvgIpc) is 2.48. The first-order chi connectivity index (χ1) is 10.1. The van der Waals surface area contributed by atoms with Crippen molar-refractivity contribution >= 4 is 6.03 Å². The Morgan fingerprint density at radius 2 is 1.24 bits per heavy atom. The number of nitrogens with zero attached hydrogens (tertiary/aromatic N) is 1. The van der Waals surface area contributed by atoms with Crippen LogP contribution in [0.15, 0.2) is 0 Å². The molecule has 0 aromatic carbocycles. The monoisotopic (exact) mass is 296 g/mol. The van der Waals surface area contributed by atoms with Crippen molar-refractivity contribution in [2.75, 3.05) is 21.1 Å². The van der Waals surface area contributed by atoms with Gasteiger partial charge in [0.2, 0.25) is 0 Å². The Morgan fingerprint density at radius 3 is 1.67 bits per heavy atom. The number of amides is 2. The summed E-state index contributed by atoms with van der Waals surface area (Å²) >= 11 is 0. The predicted molar refractivity (Wildman–Crippen MR) is 86.5 cm³/mol. The number of hydrogen-bond donors (Lipinski definition) is 3. The molecule has 2 saturated carbocycles. The smallest absolute Gasteiger partial charge is 0.315 e. The Balaban J connectivity index is 1.64. The van der Waals surface area contributed by atoms with Gasteiger partial charge in [0.15, 0.2) is 0 Å². The number of hydrogen-bond acceptors (Lipinski definition) is 3. The fourth-order valence-corrected chi connectivity index (χ4v) is 3.68. The molecule has 2 fully saturated rings. The molecule has 0 aromatic rings. The number of carbonyl (C=O) groups excluding carboxylic acids is 1. The first-order valence-corrected chi connectivity index (χ1v) is 8.49. The highest BCUT2D eigenvalue weighted by atomic mass is 16.2. The topological polar surface area (TPSA) is 56.4 Å². The summed E-state index contributed by atoms with van der Waals surface area (Å²) in [5.41, 5.74) is 0. The quantitative estimate of drug-likeness (QED) is 0.740. The standard InChI is InChI=1S/C16H32N4O/c1-17-12-4-6-13(7-5-12)18-16(21)19-14-8-10-15(11-9-14)20(2)3/h12-15,17H,4-11H2,1-3H3,(H2,18,19,21). The van der Waals surface area contributed by atoms with E-state index in [1.54, 1.807) is 0 Å².